The molecule has 0 aliphatic heterocycles. The van der Waals surface area contributed by atoms with Crippen molar-refractivity contribution >= 4 is 17.6 Å². The highest BCUT2D eigenvalue weighted by atomic mass is 35.5. The Labute approximate surface area is 119 Å². The maximum atomic E-state index is 13.8. The van der Waals surface area contributed by atoms with Crippen LogP contribution in [0.5, 0.6) is 0 Å². The van der Waals surface area contributed by atoms with E-state index in [0.29, 0.717) is 5.56 Å². The molecular weight excluding hydrogens is 288 g/mol. The van der Waals surface area contributed by atoms with Crippen molar-refractivity contribution < 1.29 is 18.3 Å². The maximum Gasteiger partial charge on any atom is 0.341 e. The molecule has 104 valence electrons. The molecule has 0 N–H and O–H groups in total. The summed E-state index contributed by atoms with van der Waals surface area (Å²) in [6, 6.07) is 6.62. The molecule has 1 aromatic heterocycles. The lowest BCUT2D eigenvalue weighted by Crippen LogP contribution is -2.09. The number of rotatable bonds is 3. The fourth-order valence-corrected chi connectivity index (χ4v) is 1.82. The first-order valence-corrected chi connectivity index (χ1v) is 6.19. The predicted molar refractivity (Wildman–Crippen MR) is 70.6 cm³/mol. The third-order valence-corrected chi connectivity index (χ3v) is 2.80. The number of carbonyl (C=O) groups excluding carboxylic acids is 1. The molecule has 0 fully saturated rings. The van der Waals surface area contributed by atoms with Crippen molar-refractivity contribution in [3.8, 4) is 11.3 Å². The Balaban J connectivity index is 2.50. The highest BCUT2D eigenvalue weighted by molar-refractivity contribution is 6.30. The minimum Gasteiger partial charge on any atom is -0.462 e. The summed E-state index contributed by atoms with van der Waals surface area (Å²) in [7, 11) is 0. The highest BCUT2D eigenvalue weighted by Gasteiger charge is 2.19. The summed E-state index contributed by atoms with van der Waals surface area (Å²) in [6.45, 7) is 1.73. The smallest absolute Gasteiger partial charge is 0.341 e. The van der Waals surface area contributed by atoms with Crippen LogP contribution in [0.25, 0.3) is 11.3 Å². The number of aromatic nitrogens is 1. The SMILES string of the molecule is CCOC(=O)c1cc(-c2ccc(F)cc2)nc(Cl)c1F. The monoisotopic (exact) mass is 297 g/mol. The van der Waals surface area contributed by atoms with E-state index in [9.17, 15) is 13.6 Å². The van der Waals surface area contributed by atoms with Gasteiger partial charge in [-0.3, -0.25) is 0 Å². The molecule has 0 spiro atoms. The zero-order valence-corrected chi connectivity index (χ0v) is 11.2. The fourth-order valence-electron chi connectivity index (χ4n) is 1.62. The van der Waals surface area contributed by atoms with E-state index in [1.54, 1.807) is 6.92 Å². The number of pyridine rings is 1. The van der Waals surface area contributed by atoms with Gasteiger partial charge in [0.05, 0.1) is 12.3 Å². The Morgan fingerprint density at radius 3 is 2.55 bits per heavy atom. The third-order valence-electron chi connectivity index (χ3n) is 2.55. The molecular formula is C14H10ClF2NO2. The van der Waals surface area contributed by atoms with Crippen LogP contribution in [0.2, 0.25) is 5.15 Å². The molecule has 2 rings (SSSR count). The van der Waals surface area contributed by atoms with Crippen LogP contribution in [0.3, 0.4) is 0 Å². The fraction of sp³-hybridized carbons (Fsp3) is 0.143. The minimum atomic E-state index is -0.934. The number of ether oxygens (including phenoxy) is 1. The Morgan fingerprint density at radius 2 is 1.95 bits per heavy atom. The molecule has 20 heavy (non-hydrogen) atoms. The zero-order valence-electron chi connectivity index (χ0n) is 10.5. The van der Waals surface area contributed by atoms with E-state index in [2.05, 4.69) is 4.98 Å². The van der Waals surface area contributed by atoms with Gasteiger partial charge in [-0.2, -0.15) is 0 Å². The van der Waals surface area contributed by atoms with E-state index in [1.165, 1.54) is 30.3 Å². The largest absolute Gasteiger partial charge is 0.462 e. The van der Waals surface area contributed by atoms with Crippen molar-refractivity contribution in [3.05, 3.63) is 52.7 Å². The van der Waals surface area contributed by atoms with Crippen LogP contribution in [-0.4, -0.2) is 17.6 Å². The van der Waals surface area contributed by atoms with Crippen molar-refractivity contribution in [2.24, 2.45) is 0 Å². The Hall–Kier alpha value is -2.01. The van der Waals surface area contributed by atoms with Crippen LogP contribution in [0.4, 0.5) is 8.78 Å². The lowest BCUT2D eigenvalue weighted by Gasteiger charge is -2.07. The van der Waals surface area contributed by atoms with Crippen LogP contribution >= 0.6 is 11.6 Å². The van der Waals surface area contributed by atoms with Crippen LogP contribution in [0, 0.1) is 11.6 Å². The first-order valence-electron chi connectivity index (χ1n) is 5.82. The first-order chi connectivity index (χ1) is 9.52. The van der Waals surface area contributed by atoms with Gasteiger partial charge in [0.25, 0.3) is 0 Å². The molecule has 0 atom stereocenters. The van der Waals surface area contributed by atoms with Gasteiger partial charge < -0.3 is 4.74 Å². The van der Waals surface area contributed by atoms with Crippen molar-refractivity contribution in [1.29, 1.82) is 0 Å². The molecule has 0 radical (unpaired) electrons. The average molecular weight is 298 g/mol. The summed E-state index contributed by atoms with van der Waals surface area (Å²) in [5.41, 5.74) is 0.476. The van der Waals surface area contributed by atoms with Gasteiger partial charge in [0.15, 0.2) is 11.0 Å². The molecule has 6 heteroatoms. The van der Waals surface area contributed by atoms with Crippen LogP contribution in [0.15, 0.2) is 30.3 Å². The molecule has 0 bridgehead atoms. The van der Waals surface area contributed by atoms with E-state index < -0.39 is 22.8 Å². The van der Waals surface area contributed by atoms with E-state index in [-0.39, 0.29) is 17.9 Å². The molecule has 2 aromatic rings. The van der Waals surface area contributed by atoms with E-state index in [1.807, 2.05) is 0 Å². The molecule has 0 saturated carbocycles. The normalized spacial score (nSPS) is 10.4. The van der Waals surface area contributed by atoms with Gasteiger partial charge in [-0.1, -0.05) is 11.6 Å². The van der Waals surface area contributed by atoms with Gasteiger partial charge >= 0.3 is 5.97 Å². The van der Waals surface area contributed by atoms with Crippen LogP contribution in [0.1, 0.15) is 17.3 Å². The lowest BCUT2D eigenvalue weighted by molar-refractivity contribution is 0.0521. The van der Waals surface area contributed by atoms with E-state index in [4.69, 9.17) is 16.3 Å². The Morgan fingerprint density at radius 1 is 1.30 bits per heavy atom. The van der Waals surface area contributed by atoms with Gasteiger partial charge in [-0.25, -0.2) is 18.6 Å². The minimum absolute atomic E-state index is 0.115. The number of hydrogen-bond donors (Lipinski definition) is 0. The number of benzene rings is 1. The zero-order chi connectivity index (χ0) is 14.7. The van der Waals surface area contributed by atoms with E-state index >= 15 is 0 Å². The Kier molecular flexibility index (Phi) is 4.29. The average Bonchev–Trinajstić information content (AvgIpc) is 2.43. The molecule has 3 nitrogen and oxygen atoms in total. The van der Waals surface area contributed by atoms with Gasteiger partial charge in [-0.15, -0.1) is 0 Å². The number of carbonyl (C=O) groups is 1. The number of hydrogen-bond acceptors (Lipinski definition) is 3. The number of esters is 1. The highest BCUT2D eigenvalue weighted by Crippen LogP contribution is 2.25. The molecule has 0 aliphatic rings. The molecule has 0 aliphatic carbocycles. The van der Waals surface area contributed by atoms with Gasteiger partial charge in [-0.05, 0) is 37.3 Å². The number of halogens is 3. The van der Waals surface area contributed by atoms with E-state index in [0.717, 1.165) is 0 Å². The molecule has 1 heterocycles. The second-order valence-electron chi connectivity index (χ2n) is 3.89. The number of nitrogens with zero attached hydrogens (tertiary/aromatic N) is 1. The summed E-state index contributed by atoms with van der Waals surface area (Å²) in [5.74, 6) is -2.17. The first kappa shape index (κ1) is 14.4. The quantitative estimate of drug-likeness (QED) is 0.638. The lowest BCUT2D eigenvalue weighted by atomic mass is 10.1. The summed E-state index contributed by atoms with van der Waals surface area (Å²) >= 11 is 5.68. The van der Waals surface area contributed by atoms with Crippen LogP contribution in [-0.2, 0) is 4.74 Å². The molecule has 0 saturated heterocycles. The second kappa shape index (κ2) is 5.96. The summed E-state index contributed by atoms with van der Waals surface area (Å²) in [6.07, 6.45) is 0. The summed E-state index contributed by atoms with van der Waals surface area (Å²) in [5, 5.41) is -0.435. The molecule has 0 unspecified atom stereocenters. The Bertz CT molecular complexity index is 644. The second-order valence-corrected chi connectivity index (χ2v) is 4.25. The van der Waals surface area contributed by atoms with Gasteiger partial charge in [0.2, 0.25) is 0 Å². The maximum absolute atomic E-state index is 13.8. The third kappa shape index (κ3) is 2.93. The van der Waals surface area contributed by atoms with Crippen molar-refractivity contribution in [2.75, 3.05) is 6.61 Å². The van der Waals surface area contributed by atoms with Crippen molar-refractivity contribution in [2.45, 2.75) is 6.92 Å². The van der Waals surface area contributed by atoms with Crippen LogP contribution < -0.4 is 0 Å². The molecule has 0 amide bonds. The van der Waals surface area contributed by atoms with Crippen molar-refractivity contribution in [3.63, 3.8) is 0 Å². The molecule has 1 aromatic carbocycles. The van der Waals surface area contributed by atoms with Gasteiger partial charge in [0.1, 0.15) is 11.4 Å². The standard InChI is InChI=1S/C14H10ClF2NO2/c1-2-20-14(19)10-7-11(18-13(15)12(10)17)8-3-5-9(16)6-4-8/h3-7H,2H2,1H3. The van der Waals surface area contributed by atoms with Crippen molar-refractivity contribution in [1.82, 2.24) is 4.98 Å². The summed E-state index contributed by atoms with van der Waals surface area (Å²) in [4.78, 5) is 15.5. The topological polar surface area (TPSA) is 39.2 Å². The van der Waals surface area contributed by atoms with Gasteiger partial charge in [0, 0.05) is 5.56 Å². The predicted octanol–water partition coefficient (Wildman–Crippen LogP) is 3.86. The summed E-state index contributed by atoms with van der Waals surface area (Å²) < 4.78 is 31.4.